The molecule has 152 valence electrons. The van der Waals surface area contributed by atoms with Crippen molar-refractivity contribution in [3.63, 3.8) is 0 Å². The summed E-state index contributed by atoms with van der Waals surface area (Å²) in [4.78, 5) is 13.8. The molecule has 0 atom stereocenters. The number of nitrogens with one attached hydrogen (secondary N) is 1. The lowest BCUT2D eigenvalue weighted by atomic mass is 10.2. The Balaban J connectivity index is 1.44. The summed E-state index contributed by atoms with van der Waals surface area (Å²) in [5.41, 5.74) is 4.14. The van der Waals surface area contributed by atoms with Crippen LogP contribution in [0.4, 0.5) is 5.69 Å². The van der Waals surface area contributed by atoms with Gasteiger partial charge in [-0.1, -0.05) is 42.3 Å². The van der Waals surface area contributed by atoms with E-state index in [4.69, 9.17) is 27.9 Å². The van der Waals surface area contributed by atoms with Gasteiger partial charge >= 0.3 is 0 Å². The summed E-state index contributed by atoms with van der Waals surface area (Å²) in [6, 6.07) is 18.3. The Hall–Kier alpha value is -3.09. The van der Waals surface area contributed by atoms with Crippen molar-refractivity contribution in [3.8, 4) is 11.4 Å². The third-order valence-electron chi connectivity index (χ3n) is 4.49. The molecule has 0 aliphatic rings. The first-order valence-electron chi connectivity index (χ1n) is 9.36. The first-order valence-corrected chi connectivity index (χ1v) is 10.1. The van der Waals surface area contributed by atoms with Gasteiger partial charge in [-0.15, -0.1) is 10.2 Å². The van der Waals surface area contributed by atoms with E-state index < -0.39 is 0 Å². The van der Waals surface area contributed by atoms with E-state index in [9.17, 15) is 4.79 Å². The third-order valence-corrected chi connectivity index (χ3v) is 5.02. The number of anilines is 1. The van der Waals surface area contributed by atoms with Gasteiger partial charge in [-0.3, -0.25) is 4.79 Å². The van der Waals surface area contributed by atoms with Crippen LogP contribution in [0.25, 0.3) is 16.7 Å². The van der Waals surface area contributed by atoms with Crippen molar-refractivity contribution in [3.05, 3.63) is 76.3 Å². The van der Waals surface area contributed by atoms with E-state index in [1.165, 1.54) is 5.56 Å². The van der Waals surface area contributed by atoms with Gasteiger partial charge in [-0.2, -0.15) is 4.80 Å². The molecule has 0 radical (unpaired) electrons. The Morgan fingerprint density at radius 1 is 1.00 bits per heavy atom. The molecule has 4 rings (SSSR count). The molecule has 1 amide bonds. The SMILES string of the molecule is CCc1ccc(-n2nc3ccc(NC(=O)COc4ccc(Cl)cc4Cl)cc3n2)cc1. The van der Waals surface area contributed by atoms with Gasteiger partial charge in [0.15, 0.2) is 6.61 Å². The molecule has 0 bridgehead atoms. The monoisotopic (exact) mass is 440 g/mol. The molecular weight excluding hydrogens is 423 g/mol. The largest absolute Gasteiger partial charge is 0.482 e. The molecular formula is C22H18Cl2N4O2. The predicted octanol–water partition coefficient (Wildman–Crippen LogP) is 5.31. The quantitative estimate of drug-likeness (QED) is 0.441. The summed E-state index contributed by atoms with van der Waals surface area (Å²) in [5.74, 6) is 0.0756. The van der Waals surface area contributed by atoms with Gasteiger partial charge in [0.1, 0.15) is 16.8 Å². The molecule has 6 nitrogen and oxygen atoms in total. The number of aryl methyl sites for hydroxylation is 1. The molecule has 0 saturated heterocycles. The molecule has 0 spiro atoms. The van der Waals surface area contributed by atoms with Crippen LogP contribution in [0.3, 0.4) is 0 Å². The molecule has 0 aliphatic heterocycles. The topological polar surface area (TPSA) is 69.0 Å². The van der Waals surface area contributed by atoms with Crippen LogP contribution >= 0.6 is 23.2 Å². The Bertz CT molecular complexity index is 1210. The van der Waals surface area contributed by atoms with E-state index in [2.05, 4.69) is 34.6 Å². The minimum Gasteiger partial charge on any atom is -0.482 e. The van der Waals surface area contributed by atoms with Crippen LogP contribution in [0.2, 0.25) is 10.0 Å². The maximum absolute atomic E-state index is 12.2. The van der Waals surface area contributed by atoms with E-state index in [1.54, 1.807) is 35.1 Å². The molecule has 1 aromatic heterocycles. The highest BCUT2D eigenvalue weighted by Gasteiger charge is 2.10. The van der Waals surface area contributed by atoms with Crippen molar-refractivity contribution in [2.75, 3.05) is 11.9 Å². The minimum atomic E-state index is -0.317. The van der Waals surface area contributed by atoms with Gasteiger partial charge in [0, 0.05) is 10.7 Å². The lowest BCUT2D eigenvalue weighted by Gasteiger charge is -2.09. The van der Waals surface area contributed by atoms with Crippen LogP contribution in [-0.4, -0.2) is 27.5 Å². The number of amides is 1. The highest BCUT2D eigenvalue weighted by Crippen LogP contribution is 2.27. The molecule has 30 heavy (non-hydrogen) atoms. The third kappa shape index (κ3) is 4.56. The van der Waals surface area contributed by atoms with E-state index in [1.807, 2.05) is 18.2 Å². The summed E-state index contributed by atoms with van der Waals surface area (Å²) >= 11 is 11.9. The molecule has 0 saturated carbocycles. The normalized spacial score (nSPS) is 10.9. The average molecular weight is 441 g/mol. The number of rotatable bonds is 6. The van der Waals surface area contributed by atoms with Crippen molar-refractivity contribution >= 4 is 45.8 Å². The van der Waals surface area contributed by atoms with Crippen molar-refractivity contribution in [1.82, 2.24) is 15.0 Å². The average Bonchev–Trinajstić information content (AvgIpc) is 3.16. The lowest BCUT2D eigenvalue weighted by Crippen LogP contribution is -2.20. The highest BCUT2D eigenvalue weighted by atomic mass is 35.5. The molecule has 3 aromatic carbocycles. The molecule has 1 N–H and O–H groups in total. The Kier molecular flexibility index (Phi) is 5.88. The molecule has 1 heterocycles. The minimum absolute atomic E-state index is 0.185. The zero-order chi connectivity index (χ0) is 21.1. The fourth-order valence-corrected chi connectivity index (χ4v) is 3.37. The molecule has 0 fully saturated rings. The second-order valence-electron chi connectivity index (χ2n) is 6.62. The highest BCUT2D eigenvalue weighted by molar-refractivity contribution is 6.35. The molecule has 8 heteroatoms. The summed E-state index contributed by atoms with van der Waals surface area (Å²) in [7, 11) is 0. The van der Waals surface area contributed by atoms with E-state index in [-0.39, 0.29) is 12.5 Å². The zero-order valence-electron chi connectivity index (χ0n) is 16.1. The maximum Gasteiger partial charge on any atom is 0.262 e. The Morgan fingerprint density at radius 2 is 1.77 bits per heavy atom. The number of benzene rings is 3. The Morgan fingerprint density at radius 3 is 2.50 bits per heavy atom. The number of carbonyl (C=O) groups excluding carboxylic acids is 1. The number of hydrogen-bond acceptors (Lipinski definition) is 4. The number of hydrogen-bond donors (Lipinski definition) is 1. The van der Waals surface area contributed by atoms with Gasteiger partial charge in [0.2, 0.25) is 0 Å². The summed E-state index contributed by atoms with van der Waals surface area (Å²) < 4.78 is 5.46. The van der Waals surface area contributed by atoms with Crippen molar-refractivity contribution in [2.24, 2.45) is 0 Å². The summed E-state index contributed by atoms with van der Waals surface area (Å²) in [6.07, 6.45) is 0.978. The van der Waals surface area contributed by atoms with Crippen LogP contribution in [0.5, 0.6) is 5.75 Å². The van der Waals surface area contributed by atoms with Crippen LogP contribution in [0.1, 0.15) is 12.5 Å². The van der Waals surface area contributed by atoms with Crippen LogP contribution in [-0.2, 0) is 11.2 Å². The van der Waals surface area contributed by atoms with Crippen LogP contribution < -0.4 is 10.1 Å². The van der Waals surface area contributed by atoms with Gasteiger partial charge in [-0.05, 0) is 60.5 Å². The van der Waals surface area contributed by atoms with Gasteiger partial charge in [-0.25, -0.2) is 0 Å². The number of aromatic nitrogens is 3. The number of fused-ring (bicyclic) bond motifs is 1. The van der Waals surface area contributed by atoms with E-state index in [0.29, 0.717) is 27.0 Å². The Labute approximate surface area is 183 Å². The number of ether oxygens (including phenoxy) is 1. The lowest BCUT2D eigenvalue weighted by molar-refractivity contribution is -0.118. The standard InChI is InChI=1S/C22H18Cl2N4O2/c1-2-14-3-7-17(8-4-14)28-26-19-9-6-16(12-20(19)27-28)25-22(29)13-30-21-10-5-15(23)11-18(21)24/h3-12H,2,13H2,1H3,(H,25,29). The van der Waals surface area contributed by atoms with E-state index in [0.717, 1.165) is 17.6 Å². The number of carbonyl (C=O) groups is 1. The van der Waals surface area contributed by atoms with Crippen molar-refractivity contribution < 1.29 is 9.53 Å². The second kappa shape index (κ2) is 8.73. The molecule has 0 unspecified atom stereocenters. The van der Waals surface area contributed by atoms with Gasteiger partial charge in [0.05, 0.1) is 10.7 Å². The van der Waals surface area contributed by atoms with Crippen molar-refractivity contribution in [2.45, 2.75) is 13.3 Å². The fourth-order valence-electron chi connectivity index (χ4n) is 2.91. The predicted molar refractivity (Wildman–Crippen MR) is 119 cm³/mol. The zero-order valence-corrected chi connectivity index (χ0v) is 17.6. The molecule has 0 aliphatic carbocycles. The summed E-state index contributed by atoms with van der Waals surface area (Å²) in [5, 5.41) is 12.6. The van der Waals surface area contributed by atoms with Gasteiger partial charge in [0.25, 0.3) is 5.91 Å². The van der Waals surface area contributed by atoms with E-state index >= 15 is 0 Å². The van der Waals surface area contributed by atoms with Crippen LogP contribution in [0, 0.1) is 0 Å². The second-order valence-corrected chi connectivity index (χ2v) is 7.47. The fraction of sp³-hybridized carbons (Fsp3) is 0.136. The first-order chi connectivity index (χ1) is 14.5. The van der Waals surface area contributed by atoms with Gasteiger partial charge < -0.3 is 10.1 Å². The number of nitrogens with zero attached hydrogens (tertiary/aromatic N) is 3. The van der Waals surface area contributed by atoms with Crippen LogP contribution in [0.15, 0.2) is 60.7 Å². The molecule has 4 aromatic rings. The smallest absolute Gasteiger partial charge is 0.262 e. The van der Waals surface area contributed by atoms with Crippen molar-refractivity contribution in [1.29, 1.82) is 0 Å². The number of halogens is 2. The summed E-state index contributed by atoms with van der Waals surface area (Å²) in [6.45, 7) is 1.93. The first kappa shape index (κ1) is 20.2. The maximum atomic E-state index is 12.2.